The Hall–Kier alpha value is -1.78. The van der Waals surface area contributed by atoms with E-state index in [1.165, 1.54) is 6.92 Å². The highest BCUT2D eigenvalue weighted by Gasteiger charge is 2.35. The quantitative estimate of drug-likeness (QED) is 0.191. The fourth-order valence-corrected chi connectivity index (χ4v) is 4.96. The average Bonchev–Trinajstić information content (AvgIpc) is 2.85. The van der Waals surface area contributed by atoms with Crippen LogP contribution >= 0.6 is 0 Å². The zero-order valence-electron chi connectivity index (χ0n) is 24.7. The van der Waals surface area contributed by atoms with Gasteiger partial charge in [0.1, 0.15) is 17.8 Å². The van der Waals surface area contributed by atoms with Crippen LogP contribution in [0.2, 0.25) is 0 Å². The molecular weight excluding hydrogens is 504 g/mol. The maximum absolute atomic E-state index is 12.6. The minimum Gasteiger partial charge on any atom is -0.457 e. The van der Waals surface area contributed by atoms with Crippen LogP contribution in [0.1, 0.15) is 93.4 Å². The number of cyclic esters (lactones) is 1. The van der Waals surface area contributed by atoms with E-state index in [9.17, 15) is 35.1 Å². The molecule has 39 heavy (non-hydrogen) atoms. The van der Waals surface area contributed by atoms with Gasteiger partial charge in [0.2, 0.25) is 0 Å². The van der Waals surface area contributed by atoms with Crippen LogP contribution in [-0.2, 0) is 19.1 Å². The van der Waals surface area contributed by atoms with E-state index in [1.54, 1.807) is 26.0 Å². The van der Waals surface area contributed by atoms with E-state index in [0.29, 0.717) is 19.3 Å². The van der Waals surface area contributed by atoms with Crippen LogP contribution in [-0.4, -0.2) is 79.7 Å². The molecule has 0 bridgehead atoms. The smallest absolute Gasteiger partial charge is 0.309 e. The van der Waals surface area contributed by atoms with Crippen LogP contribution < -0.4 is 0 Å². The van der Waals surface area contributed by atoms with Gasteiger partial charge in [-0.25, -0.2) is 0 Å². The van der Waals surface area contributed by atoms with E-state index >= 15 is 0 Å². The van der Waals surface area contributed by atoms with Crippen molar-refractivity contribution in [2.24, 2.45) is 17.8 Å². The summed E-state index contributed by atoms with van der Waals surface area (Å²) in [5.41, 5.74) is -0.608. The van der Waals surface area contributed by atoms with E-state index in [2.05, 4.69) is 0 Å². The number of hydrogen-bond acceptors (Lipinski definition) is 9. The first-order valence-corrected chi connectivity index (χ1v) is 14.2. The minimum atomic E-state index is -1.42. The largest absolute Gasteiger partial charge is 0.457 e. The van der Waals surface area contributed by atoms with Crippen molar-refractivity contribution in [3.05, 3.63) is 23.8 Å². The zero-order valence-corrected chi connectivity index (χ0v) is 24.7. The molecule has 10 atom stereocenters. The van der Waals surface area contributed by atoms with Crippen molar-refractivity contribution in [3.8, 4) is 0 Å². The third-order valence-corrected chi connectivity index (χ3v) is 7.79. The standard InChI is InChI=1S/C30H52O9/c1-8-24(33)21(5)28(36)25(34)16-18(2)10-9-11-19(3)29-20(4)12-13-26(38-22(6)31)30(7,37)15-14-23(32)17-27(35)39-29/h11-13,18,20-21,23-26,28-29,32-34,36-37H,8-10,14-17H2,1-7H3/b13-12+,19-11+. The molecule has 5 N–H and O–H groups in total. The molecule has 0 radical (unpaired) electrons. The summed E-state index contributed by atoms with van der Waals surface area (Å²) in [6.45, 7) is 12.1. The molecule has 0 fully saturated rings. The normalized spacial score (nSPS) is 32.0. The lowest BCUT2D eigenvalue weighted by Gasteiger charge is -2.32. The molecule has 0 saturated heterocycles. The molecule has 9 heteroatoms. The van der Waals surface area contributed by atoms with Gasteiger partial charge in [-0.1, -0.05) is 39.8 Å². The average molecular weight is 557 g/mol. The Morgan fingerprint density at radius 2 is 1.85 bits per heavy atom. The maximum Gasteiger partial charge on any atom is 0.309 e. The highest BCUT2D eigenvalue weighted by atomic mass is 16.6. The molecule has 0 aliphatic carbocycles. The molecule has 0 saturated carbocycles. The first kappa shape index (κ1) is 35.2. The number of carbonyl (C=O) groups excluding carboxylic acids is 2. The summed E-state index contributed by atoms with van der Waals surface area (Å²) in [5, 5.41) is 52.1. The van der Waals surface area contributed by atoms with E-state index in [4.69, 9.17) is 9.47 Å². The summed E-state index contributed by atoms with van der Waals surface area (Å²) in [6.07, 6.45) is 2.52. The molecule has 226 valence electrons. The summed E-state index contributed by atoms with van der Waals surface area (Å²) in [4.78, 5) is 24.3. The van der Waals surface area contributed by atoms with Gasteiger partial charge < -0.3 is 35.0 Å². The minimum absolute atomic E-state index is 0.0997. The van der Waals surface area contributed by atoms with Crippen LogP contribution in [0.3, 0.4) is 0 Å². The van der Waals surface area contributed by atoms with E-state index < -0.39 is 60.1 Å². The van der Waals surface area contributed by atoms with Crippen LogP contribution in [0.5, 0.6) is 0 Å². The molecule has 1 rings (SSSR count). The molecule has 10 unspecified atom stereocenters. The highest BCUT2D eigenvalue weighted by Crippen LogP contribution is 2.28. The van der Waals surface area contributed by atoms with Crippen LogP contribution in [0.4, 0.5) is 0 Å². The molecule has 0 spiro atoms. The Kier molecular flexibility index (Phi) is 14.9. The Morgan fingerprint density at radius 3 is 2.44 bits per heavy atom. The molecule has 0 aromatic heterocycles. The maximum atomic E-state index is 12.6. The summed E-state index contributed by atoms with van der Waals surface area (Å²) in [7, 11) is 0. The Labute approximate surface area is 233 Å². The SMILES string of the molecule is CCC(O)C(C)C(O)C(O)CC(C)CC/C=C(\C)C1OC(=O)CC(O)CCC(C)(O)C(OC(C)=O)/C=C/C1C. The van der Waals surface area contributed by atoms with Crippen LogP contribution in [0.25, 0.3) is 0 Å². The van der Waals surface area contributed by atoms with Crippen LogP contribution in [0, 0.1) is 17.8 Å². The van der Waals surface area contributed by atoms with Crippen molar-refractivity contribution in [1.29, 1.82) is 0 Å². The van der Waals surface area contributed by atoms with E-state index in [-0.39, 0.29) is 31.1 Å². The fraction of sp³-hybridized carbons (Fsp3) is 0.800. The van der Waals surface area contributed by atoms with Gasteiger partial charge in [-0.3, -0.25) is 9.59 Å². The highest BCUT2D eigenvalue weighted by molar-refractivity contribution is 5.70. The summed E-state index contributed by atoms with van der Waals surface area (Å²) in [5.74, 6) is -1.70. The number of esters is 2. The topological polar surface area (TPSA) is 154 Å². The van der Waals surface area contributed by atoms with Crippen molar-refractivity contribution in [1.82, 2.24) is 0 Å². The lowest BCUT2D eigenvalue weighted by atomic mass is 9.87. The summed E-state index contributed by atoms with van der Waals surface area (Å²) in [6, 6.07) is 0. The van der Waals surface area contributed by atoms with Gasteiger partial charge in [-0.05, 0) is 69.9 Å². The second-order valence-corrected chi connectivity index (χ2v) is 11.7. The van der Waals surface area contributed by atoms with Crippen LogP contribution in [0.15, 0.2) is 23.8 Å². The Morgan fingerprint density at radius 1 is 1.21 bits per heavy atom. The lowest BCUT2D eigenvalue weighted by molar-refractivity contribution is -0.157. The molecule has 0 aromatic carbocycles. The van der Waals surface area contributed by atoms with Gasteiger partial charge in [-0.15, -0.1) is 0 Å². The molecule has 1 heterocycles. The number of hydrogen-bond donors (Lipinski definition) is 5. The molecular formula is C30H52O9. The van der Waals surface area contributed by atoms with Gasteiger partial charge in [-0.2, -0.15) is 0 Å². The van der Waals surface area contributed by atoms with Gasteiger partial charge in [0.25, 0.3) is 0 Å². The molecule has 0 amide bonds. The number of aliphatic hydroxyl groups excluding tert-OH is 4. The first-order chi connectivity index (χ1) is 18.1. The van der Waals surface area contributed by atoms with Crippen molar-refractivity contribution in [2.45, 2.75) is 136 Å². The third-order valence-electron chi connectivity index (χ3n) is 7.79. The van der Waals surface area contributed by atoms with Crippen molar-refractivity contribution in [2.75, 3.05) is 0 Å². The van der Waals surface area contributed by atoms with Gasteiger partial charge in [0, 0.05) is 18.8 Å². The molecule has 0 aromatic rings. The molecule has 1 aliphatic rings. The van der Waals surface area contributed by atoms with Crippen molar-refractivity contribution >= 4 is 11.9 Å². The predicted octanol–water partition coefficient (Wildman–Crippen LogP) is 3.20. The number of ether oxygens (including phenoxy) is 2. The first-order valence-electron chi connectivity index (χ1n) is 14.2. The van der Waals surface area contributed by atoms with Gasteiger partial charge in [0.05, 0.1) is 30.8 Å². The molecule has 1 aliphatic heterocycles. The fourth-order valence-electron chi connectivity index (χ4n) is 4.96. The van der Waals surface area contributed by atoms with E-state index in [0.717, 1.165) is 12.0 Å². The van der Waals surface area contributed by atoms with Gasteiger partial charge in [0.15, 0.2) is 0 Å². The number of carbonyl (C=O) groups is 2. The van der Waals surface area contributed by atoms with Gasteiger partial charge >= 0.3 is 11.9 Å². The van der Waals surface area contributed by atoms with Crippen molar-refractivity contribution in [3.63, 3.8) is 0 Å². The van der Waals surface area contributed by atoms with E-state index in [1.807, 2.05) is 33.8 Å². The number of aliphatic hydroxyl groups is 5. The second kappa shape index (κ2) is 16.5. The number of allylic oxidation sites excluding steroid dienone is 1. The third kappa shape index (κ3) is 12.1. The molecule has 9 nitrogen and oxygen atoms in total. The number of rotatable bonds is 11. The summed E-state index contributed by atoms with van der Waals surface area (Å²) >= 11 is 0. The van der Waals surface area contributed by atoms with Crippen molar-refractivity contribution < 1.29 is 44.6 Å². The second-order valence-electron chi connectivity index (χ2n) is 11.7. The predicted molar refractivity (Wildman–Crippen MR) is 148 cm³/mol. The lowest BCUT2D eigenvalue weighted by Crippen LogP contribution is -2.42. The summed E-state index contributed by atoms with van der Waals surface area (Å²) < 4.78 is 11.1. The Bertz CT molecular complexity index is 821. The zero-order chi connectivity index (χ0) is 29.9. The monoisotopic (exact) mass is 556 g/mol. The Balaban J connectivity index is 2.97.